The number of aryl methyl sites for hydroxylation is 1. The van der Waals surface area contributed by atoms with Crippen molar-refractivity contribution in [3.8, 4) is 11.4 Å². The van der Waals surface area contributed by atoms with Gasteiger partial charge in [-0.15, -0.1) is 0 Å². The van der Waals surface area contributed by atoms with Crippen LogP contribution in [0.4, 0.5) is 13.2 Å². The summed E-state index contributed by atoms with van der Waals surface area (Å²) < 4.78 is 38.7. The first kappa shape index (κ1) is 27.4. The third kappa shape index (κ3) is 7.21. The lowest BCUT2D eigenvalue weighted by molar-refractivity contribution is -0.137. The summed E-state index contributed by atoms with van der Waals surface area (Å²) in [5.41, 5.74) is 2.17. The molecular formula is C28H38F3N5O. The third-order valence-corrected chi connectivity index (χ3v) is 7.76. The second-order valence-electron chi connectivity index (χ2n) is 10.7. The van der Waals surface area contributed by atoms with Crippen molar-refractivity contribution in [3.05, 3.63) is 41.2 Å². The molecule has 4 rings (SSSR count). The van der Waals surface area contributed by atoms with Gasteiger partial charge < -0.3 is 15.3 Å². The number of likely N-dealkylation sites (tertiary alicyclic amines) is 1. The van der Waals surface area contributed by atoms with E-state index < -0.39 is 11.7 Å². The summed E-state index contributed by atoms with van der Waals surface area (Å²) in [5, 5.41) is 7.81. The highest BCUT2D eigenvalue weighted by molar-refractivity contribution is 5.98. The molecule has 1 aromatic heterocycles. The van der Waals surface area contributed by atoms with Crippen LogP contribution in [0.2, 0.25) is 0 Å². The Balaban J connectivity index is 1.36. The number of nitrogens with one attached hydrogen (secondary N) is 2. The molecule has 1 amide bonds. The Morgan fingerprint density at radius 3 is 2.35 bits per heavy atom. The van der Waals surface area contributed by atoms with Gasteiger partial charge in [-0.2, -0.15) is 13.2 Å². The topological polar surface area (TPSA) is 76.1 Å². The number of hydrogen-bond donors (Lipinski definition) is 2. The zero-order valence-corrected chi connectivity index (χ0v) is 21.8. The van der Waals surface area contributed by atoms with Gasteiger partial charge in [-0.1, -0.05) is 31.4 Å². The van der Waals surface area contributed by atoms with Crippen LogP contribution in [-0.4, -0.2) is 57.1 Å². The number of carbonyl (C=O) groups is 1. The standard InChI is InChI=1S/C28H38F3N5O/c1-19(32)16-26(37)36(17-21-6-4-3-5-7-21)24-12-14-35(15-13-24)18-25-20(2)33-27(34-25)22-8-10-23(11-9-22)28(29,30)31/h8-11,21,24,32H,3-7,12-18H2,1-2H3,(H,33,34). The van der Waals surface area contributed by atoms with E-state index in [2.05, 4.69) is 14.8 Å². The Kier molecular flexibility index (Phi) is 8.72. The molecule has 1 aliphatic heterocycles. The van der Waals surface area contributed by atoms with E-state index in [-0.39, 0.29) is 18.4 Å². The van der Waals surface area contributed by atoms with Gasteiger partial charge in [-0.3, -0.25) is 9.69 Å². The summed E-state index contributed by atoms with van der Waals surface area (Å²) in [5.74, 6) is 1.22. The second-order valence-corrected chi connectivity index (χ2v) is 10.7. The normalized spacial score (nSPS) is 18.2. The number of H-pyrrole nitrogens is 1. The number of rotatable bonds is 8. The van der Waals surface area contributed by atoms with Gasteiger partial charge in [0.1, 0.15) is 5.82 Å². The van der Waals surface area contributed by atoms with Crippen LogP contribution in [0.25, 0.3) is 11.4 Å². The molecule has 9 heteroatoms. The van der Waals surface area contributed by atoms with Crippen molar-refractivity contribution in [1.82, 2.24) is 19.8 Å². The van der Waals surface area contributed by atoms with Crippen molar-refractivity contribution >= 4 is 11.6 Å². The molecule has 2 N–H and O–H groups in total. The number of carbonyl (C=O) groups excluding carboxylic acids is 1. The lowest BCUT2D eigenvalue weighted by Gasteiger charge is -2.40. The highest BCUT2D eigenvalue weighted by Gasteiger charge is 2.31. The first-order valence-electron chi connectivity index (χ1n) is 13.4. The number of halogens is 3. The van der Waals surface area contributed by atoms with Crippen LogP contribution in [0.1, 0.15) is 75.2 Å². The van der Waals surface area contributed by atoms with E-state index >= 15 is 0 Å². The molecule has 0 unspecified atom stereocenters. The molecular weight excluding hydrogens is 479 g/mol. The van der Waals surface area contributed by atoms with E-state index in [4.69, 9.17) is 10.4 Å². The van der Waals surface area contributed by atoms with Gasteiger partial charge in [-0.25, -0.2) is 4.98 Å². The first-order chi connectivity index (χ1) is 17.6. The molecule has 1 saturated carbocycles. The van der Waals surface area contributed by atoms with Crippen LogP contribution in [0.3, 0.4) is 0 Å². The van der Waals surface area contributed by atoms with Crippen LogP contribution in [0, 0.1) is 18.3 Å². The van der Waals surface area contributed by atoms with E-state index in [1.807, 2.05) is 6.92 Å². The maximum absolute atomic E-state index is 13.1. The first-order valence-corrected chi connectivity index (χ1v) is 13.4. The highest BCUT2D eigenvalue weighted by Crippen LogP contribution is 2.31. The quantitative estimate of drug-likeness (QED) is 0.409. The minimum Gasteiger partial charge on any atom is -0.342 e. The van der Waals surface area contributed by atoms with Crippen LogP contribution in [0.15, 0.2) is 24.3 Å². The molecule has 0 atom stereocenters. The van der Waals surface area contributed by atoms with Crippen molar-refractivity contribution in [3.63, 3.8) is 0 Å². The number of benzene rings is 1. The molecule has 1 aromatic carbocycles. The van der Waals surface area contributed by atoms with Crippen molar-refractivity contribution in [2.75, 3.05) is 19.6 Å². The van der Waals surface area contributed by atoms with E-state index in [0.717, 1.165) is 56.0 Å². The van der Waals surface area contributed by atoms with E-state index in [1.165, 1.54) is 44.2 Å². The van der Waals surface area contributed by atoms with Crippen molar-refractivity contribution in [2.24, 2.45) is 5.92 Å². The van der Waals surface area contributed by atoms with Gasteiger partial charge in [0.15, 0.2) is 0 Å². The van der Waals surface area contributed by atoms with Crippen LogP contribution >= 0.6 is 0 Å². The number of piperidine rings is 1. The summed E-state index contributed by atoms with van der Waals surface area (Å²) in [6.07, 6.45) is 3.78. The average molecular weight is 518 g/mol. The smallest absolute Gasteiger partial charge is 0.342 e. The fourth-order valence-corrected chi connectivity index (χ4v) is 5.64. The Bertz CT molecular complexity index is 1060. The zero-order valence-electron chi connectivity index (χ0n) is 21.8. The number of aromatic nitrogens is 2. The number of amides is 1. The van der Waals surface area contributed by atoms with E-state index in [1.54, 1.807) is 6.92 Å². The van der Waals surface area contributed by atoms with Gasteiger partial charge in [0.05, 0.1) is 17.7 Å². The number of imidazole rings is 1. The van der Waals surface area contributed by atoms with Gasteiger partial charge in [0.2, 0.25) is 5.91 Å². The SMILES string of the molecule is CC(=N)CC(=O)N(CC1CCCCC1)C1CCN(Cc2nc(-c3ccc(C(F)(F)F)cc3)[nH]c2C)CC1. The predicted molar refractivity (Wildman–Crippen MR) is 138 cm³/mol. The van der Waals surface area contributed by atoms with Gasteiger partial charge in [0.25, 0.3) is 0 Å². The van der Waals surface area contributed by atoms with E-state index in [9.17, 15) is 18.0 Å². The van der Waals surface area contributed by atoms with Crippen LogP contribution in [0.5, 0.6) is 0 Å². The predicted octanol–water partition coefficient (Wildman–Crippen LogP) is 6.21. The second kappa shape index (κ2) is 11.8. The maximum atomic E-state index is 13.1. The number of hydrogen-bond acceptors (Lipinski definition) is 4. The largest absolute Gasteiger partial charge is 0.416 e. The van der Waals surface area contributed by atoms with Crippen LogP contribution in [-0.2, 0) is 17.5 Å². The highest BCUT2D eigenvalue weighted by atomic mass is 19.4. The third-order valence-electron chi connectivity index (χ3n) is 7.76. The number of aromatic amines is 1. The van der Waals surface area contributed by atoms with Gasteiger partial charge in [0, 0.05) is 49.2 Å². The number of nitrogens with zero attached hydrogens (tertiary/aromatic N) is 3. The zero-order chi connectivity index (χ0) is 26.6. The molecule has 2 aromatic rings. The Labute approximate surface area is 217 Å². The summed E-state index contributed by atoms with van der Waals surface area (Å²) in [4.78, 5) is 25.4. The average Bonchev–Trinajstić information content (AvgIpc) is 3.23. The van der Waals surface area contributed by atoms with Crippen molar-refractivity contribution < 1.29 is 18.0 Å². The minimum atomic E-state index is -4.36. The summed E-state index contributed by atoms with van der Waals surface area (Å²) in [6, 6.07) is 5.26. The number of alkyl halides is 3. The molecule has 1 saturated heterocycles. The van der Waals surface area contributed by atoms with Crippen LogP contribution < -0.4 is 0 Å². The Hall–Kier alpha value is -2.68. The van der Waals surface area contributed by atoms with E-state index in [0.29, 0.717) is 29.6 Å². The summed E-state index contributed by atoms with van der Waals surface area (Å²) in [7, 11) is 0. The fourth-order valence-electron chi connectivity index (χ4n) is 5.64. The monoisotopic (exact) mass is 517 g/mol. The Morgan fingerprint density at radius 1 is 1.11 bits per heavy atom. The molecule has 0 radical (unpaired) electrons. The molecule has 6 nitrogen and oxygen atoms in total. The lowest BCUT2D eigenvalue weighted by atomic mass is 9.88. The lowest BCUT2D eigenvalue weighted by Crippen LogP contribution is -2.49. The molecule has 2 heterocycles. The molecule has 0 bridgehead atoms. The molecule has 2 aliphatic rings. The minimum absolute atomic E-state index is 0.0841. The molecule has 2 fully saturated rings. The van der Waals surface area contributed by atoms with Gasteiger partial charge in [-0.05, 0) is 57.6 Å². The maximum Gasteiger partial charge on any atom is 0.416 e. The molecule has 202 valence electrons. The fraction of sp³-hybridized carbons (Fsp3) is 0.607. The Morgan fingerprint density at radius 2 is 1.76 bits per heavy atom. The molecule has 37 heavy (non-hydrogen) atoms. The van der Waals surface area contributed by atoms with Crippen molar-refractivity contribution in [1.29, 1.82) is 5.41 Å². The summed E-state index contributed by atoms with van der Waals surface area (Å²) in [6.45, 7) is 6.81. The summed E-state index contributed by atoms with van der Waals surface area (Å²) >= 11 is 0. The van der Waals surface area contributed by atoms with Crippen molar-refractivity contribution in [2.45, 2.75) is 84.0 Å². The molecule has 1 aliphatic carbocycles. The molecule has 0 spiro atoms. The van der Waals surface area contributed by atoms with Gasteiger partial charge >= 0.3 is 6.18 Å².